The highest BCUT2D eigenvalue weighted by Crippen LogP contribution is 2.18. The summed E-state index contributed by atoms with van der Waals surface area (Å²) in [6.07, 6.45) is 6.46. The number of nitrogens with one attached hydrogen (secondary N) is 1. The minimum Gasteiger partial charge on any atom is -0.468 e. The quantitative estimate of drug-likeness (QED) is 0.618. The van der Waals surface area contributed by atoms with Gasteiger partial charge in [-0.05, 0) is 0 Å². The van der Waals surface area contributed by atoms with E-state index in [-0.39, 0.29) is 12.5 Å². The van der Waals surface area contributed by atoms with E-state index in [4.69, 9.17) is 0 Å². The van der Waals surface area contributed by atoms with E-state index < -0.39 is 0 Å². The zero-order valence-electron chi connectivity index (χ0n) is 11.9. The Kier molecular flexibility index (Phi) is 3.90. The van der Waals surface area contributed by atoms with E-state index in [9.17, 15) is 4.79 Å². The van der Waals surface area contributed by atoms with Crippen LogP contribution in [0.1, 0.15) is 0 Å². The van der Waals surface area contributed by atoms with Crippen molar-refractivity contribution in [2.24, 2.45) is 0 Å². The van der Waals surface area contributed by atoms with Crippen LogP contribution < -0.4 is 5.32 Å². The van der Waals surface area contributed by atoms with Crippen molar-refractivity contribution in [3.8, 4) is 0 Å². The number of hydrogen-bond acceptors (Lipinski definition) is 8. The number of hydrogen-bond donors (Lipinski definition) is 1. The van der Waals surface area contributed by atoms with Crippen LogP contribution in [0, 0.1) is 0 Å². The number of carbonyl (C=O) groups excluding carboxylic acids is 1. The molecular weight excluding hydrogens is 288 g/mol. The fraction of sp³-hybridized carbons (Fsp3) is 0.333. The lowest BCUT2D eigenvalue weighted by atomic mass is 10.4. The molecule has 0 saturated carbocycles. The van der Waals surface area contributed by atoms with Gasteiger partial charge in [0.2, 0.25) is 0 Å². The van der Waals surface area contributed by atoms with Gasteiger partial charge in [-0.1, -0.05) is 5.21 Å². The second-order valence-corrected chi connectivity index (χ2v) is 4.43. The molecule has 0 radical (unpaired) electrons. The molecule has 3 heterocycles. The third-order valence-electron chi connectivity index (χ3n) is 3.05. The molecule has 0 aliphatic rings. The van der Waals surface area contributed by atoms with Gasteiger partial charge in [-0.2, -0.15) is 5.10 Å². The first kappa shape index (κ1) is 13.9. The number of ether oxygens (including phenoxy) is 1. The van der Waals surface area contributed by atoms with Gasteiger partial charge >= 0.3 is 5.97 Å². The Bertz CT molecular complexity index is 767. The van der Waals surface area contributed by atoms with E-state index in [1.807, 2.05) is 0 Å². The summed E-state index contributed by atoms with van der Waals surface area (Å²) in [4.78, 5) is 19.7. The molecule has 10 nitrogen and oxygen atoms in total. The first-order valence-electron chi connectivity index (χ1n) is 6.59. The van der Waals surface area contributed by atoms with Crippen LogP contribution in [-0.2, 0) is 22.6 Å². The molecular formula is C12H14N8O2. The second-order valence-electron chi connectivity index (χ2n) is 4.43. The van der Waals surface area contributed by atoms with E-state index in [1.54, 1.807) is 23.3 Å². The summed E-state index contributed by atoms with van der Waals surface area (Å²) in [6.45, 7) is 1.29. The number of anilines is 1. The Labute approximate surface area is 125 Å². The monoisotopic (exact) mass is 302 g/mol. The van der Waals surface area contributed by atoms with Crippen molar-refractivity contribution < 1.29 is 9.53 Å². The molecule has 0 aromatic carbocycles. The number of aromatic nitrogens is 7. The summed E-state index contributed by atoms with van der Waals surface area (Å²) in [6, 6.07) is 0. The highest BCUT2D eigenvalue weighted by atomic mass is 16.5. The number of carbonyl (C=O) groups is 1. The van der Waals surface area contributed by atoms with Crippen LogP contribution in [0.2, 0.25) is 0 Å². The standard InChI is InChI=1S/C12H14N8O2/c1-22-10(21)7-20-12-9(6-17-20)11(14-8-15-12)13-2-4-19-5-3-16-18-19/h3,5-6,8H,2,4,7H2,1H3,(H,13,14,15). The fourth-order valence-corrected chi connectivity index (χ4v) is 1.98. The summed E-state index contributed by atoms with van der Waals surface area (Å²) in [5.41, 5.74) is 0.573. The molecule has 0 aliphatic carbocycles. The largest absolute Gasteiger partial charge is 0.468 e. The van der Waals surface area contributed by atoms with Crippen LogP contribution >= 0.6 is 0 Å². The topological polar surface area (TPSA) is 113 Å². The maximum Gasteiger partial charge on any atom is 0.327 e. The molecule has 0 amide bonds. The molecule has 0 spiro atoms. The summed E-state index contributed by atoms with van der Waals surface area (Å²) in [7, 11) is 1.33. The van der Waals surface area contributed by atoms with Gasteiger partial charge in [-0.3, -0.25) is 9.48 Å². The van der Waals surface area contributed by atoms with E-state index in [2.05, 4.69) is 35.4 Å². The van der Waals surface area contributed by atoms with Crippen molar-refractivity contribution >= 4 is 22.8 Å². The Balaban J connectivity index is 1.74. The zero-order chi connectivity index (χ0) is 15.4. The molecule has 0 unspecified atom stereocenters. The van der Waals surface area contributed by atoms with Gasteiger partial charge in [0.25, 0.3) is 0 Å². The number of fused-ring (bicyclic) bond motifs is 1. The predicted molar refractivity (Wildman–Crippen MR) is 75.9 cm³/mol. The Morgan fingerprint density at radius 2 is 2.32 bits per heavy atom. The molecule has 3 aromatic rings. The van der Waals surface area contributed by atoms with Crippen LogP contribution in [0.4, 0.5) is 5.82 Å². The fourth-order valence-electron chi connectivity index (χ4n) is 1.98. The Morgan fingerprint density at radius 1 is 1.41 bits per heavy atom. The molecule has 3 aromatic heterocycles. The molecule has 0 fully saturated rings. The predicted octanol–water partition coefficient (Wildman–Crippen LogP) is -0.297. The lowest BCUT2D eigenvalue weighted by molar-refractivity contribution is -0.141. The number of esters is 1. The minimum absolute atomic E-state index is 0.00934. The number of methoxy groups -OCH3 is 1. The summed E-state index contributed by atoms with van der Waals surface area (Å²) in [5.74, 6) is 0.269. The molecule has 114 valence electrons. The molecule has 3 rings (SSSR count). The van der Waals surface area contributed by atoms with Crippen LogP contribution in [-0.4, -0.2) is 54.4 Å². The van der Waals surface area contributed by atoms with Gasteiger partial charge in [-0.25, -0.2) is 14.6 Å². The third kappa shape index (κ3) is 2.85. The zero-order valence-corrected chi connectivity index (χ0v) is 11.9. The molecule has 0 bridgehead atoms. The maximum atomic E-state index is 11.4. The lowest BCUT2D eigenvalue weighted by Crippen LogP contribution is -2.14. The average molecular weight is 302 g/mol. The molecule has 0 saturated heterocycles. The highest BCUT2D eigenvalue weighted by molar-refractivity contribution is 5.86. The normalized spacial score (nSPS) is 10.8. The van der Waals surface area contributed by atoms with Crippen molar-refractivity contribution in [2.45, 2.75) is 13.1 Å². The smallest absolute Gasteiger partial charge is 0.327 e. The second kappa shape index (κ2) is 6.16. The summed E-state index contributed by atoms with van der Waals surface area (Å²) >= 11 is 0. The molecule has 0 aliphatic heterocycles. The number of rotatable bonds is 6. The van der Waals surface area contributed by atoms with Gasteiger partial charge in [0.15, 0.2) is 5.65 Å². The van der Waals surface area contributed by atoms with Crippen LogP contribution in [0.3, 0.4) is 0 Å². The van der Waals surface area contributed by atoms with Crippen molar-refractivity contribution in [3.05, 3.63) is 24.9 Å². The minimum atomic E-state index is -0.385. The third-order valence-corrected chi connectivity index (χ3v) is 3.05. The van der Waals surface area contributed by atoms with Crippen LogP contribution in [0.5, 0.6) is 0 Å². The maximum absolute atomic E-state index is 11.4. The average Bonchev–Trinajstić information content (AvgIpc) is 3.18. The summed E-state index contributed by atoms with van der Waals surface area (Å²) < 4.78 is 7.83. The Hall–Kier alpha value is -3.04. The van der Waals surface area contributed by atoms with E-state index in [1.165, 1.54) is 18.1 Å². The summed E-state index contributed by atoms with van der Waals surface area (Å²) in [5, 5.41) is 15.7. The van der Waals surface area contributed by atoms with Gasteiger partial charge in [0.05, 0.1) is 31.4 Å². The first-order valence-corrected chi connectivity index (χ1v) is 6.59. The van der Waals surface area contributed by atoms with E-state index in [0.717, 1.165) is 5.39 Å². The lowest BCUT2D eigenvalue weighted by Gasteiger charge is -2.06. The van der Waals surface area contributed by atoms with E-state index in [0.29, 0.717) is 24.6 Å². The molecule has 1 N–H and O–H groups in total. The van der Waals surface area contributed by atoms with Crippen molar-refractivity contribution in [3.63, 3.8) is 0 Å². The van der Waals surface area contributed by atoms with Gasteiger partial charge in [0, 0.05) is 12.7 Å². The highest BCUT2D eigenvalue weighted by Gasteiger charge is 2.12. The number of nitrogens with zero attached hydrogens (tertiary/aromatic N) is 7. The van der Waals surface area contributed by atoms with Gasteiger partial charge < -0.3 is 10.1 Å². The van der Waals surface area contributed by atoms with Crippen LogP contribution in [0.25, 0.3) is 11.0 Å². The van der Waals surface area contributed by atoms with Gasteiger partial charge in [0.1, 0.15) is 18.7 Å². The first-order chi connectivity index (χ1) is 10.8. The van der Waals surface area contributed by atoms with Crippen LogP contribution in [0.15, 0.2) is 24.9 Å². The Morgan fingerprint density at radius 3 is 3.09 bits per heavy atom. The van der Waals surface area contributed by atoms with Gasteiger partial charge in [-0.15, -0.1) is 5.10 Å². The SMILES string of the molecule is COC(=O)Cn1ncc2c(NCCn3ccnn3)ncnc21. The van der Waals surface area contributed by atoms with Crippen molar-refractivity contribution in [1.29, 1.82) is 0 Å². The van der Waals surface area contributed by atoms with Crippen molar-refractivity contribution in [2.75, 3.05) is 19.0 Å². The molecule has 0 atom stereocenters. The van der Waals surface area contributed by atoms with Crippen molar-refractivity contribution in [1.82, 2.24) is 34.7 Å². The molecule has 10 heteroatoms. The molecule has 22 heavy (non-hydrogen) atoms. The van der Waals surface area contributed by atoms with E-state index >= 15 is 0 Å².